The smallest absolute Gasteiger partial charge is 0.315 e. The Labute approximate surface area is 188 Å². The van der Waals surface area contributed by atoms with Crippen molar-refractivity contribution in [1.29, 1.82) is 0 Å². The highest BCUT2D eigenvalue weighted by Gasteiger charge is 2.18. The third-order valence-corrected chi connectivity index (χ3v) is 5.94. The normalized spacial score (nSPS) is 12.5. The van der Waals surface area contributed by atoms with Crippen LogP contribution in [-0.2, 0) is 34.2 Å². The topological polar surface area (TPSA) is 174 Å². The summed E-state index contributed by atoms with van der Waals surface area (Å²) in [6.45, 7) is -0.893. The van der Waals surface area contributed by atoms with Gasteiger partial charge in [0.1, 0.15) is 13.3 Å². The number of aryl methyl sites for hydroxylation is 1. The first-order valence-corrected chi connectivity index (χ1v) is 11.7. The number of hydrogen-bond acceptors (Lipinski definition) is 7. The van der Waals surface area contributed by atoms with Crippen LogP contribution in [0.3, 0.4) is 0 Å². The Balaban J connectivity index is 1.72. The summed E-state index contributed by atoms with van der Waals surface area (Å²) in [5, 5.41) is 1.68. The van der Waals surface area contributed by atoms with Gasteiger partial charge in [-0.15, -0.1) is 11.3 Å². The van der Waals surface area contributed by atoms with E-state index in [0.717, 1.165) is 21.5 Å². The molecular formula is C18H17N6O7PS. The molecule has 13 nitrogen and oxygen atoms in total. The molecule has 0 bridgehead atoms. The van der Waals surface area contributed by atoms with Crippen LogP contribution in [0.2, 0.25) is 0 Å². The summed E-state index contributed by atoms with van der Waals surface area (Å²) in [7, 11) is -3.35. The number of thiazole rings is 1. The predicted octanol–water partition coefficient (Wildman–Crippen LogP) is 0.148. The maximum absolute atomic E-state index is 12.7. The van der Waals surface area contributed by atoms with E-state index in [1.54, 1.807) is 29.6 Å². The molecule has 3 heterocycles. The van der Waals surface area contributed by atoms with Crippen molar-refractivity contribution in [3.05, 3.63) is 67.7 Å². The molecule has 0 atom stereocenters. The minimum Gasteiger partial charge on any atom is -0.315 e. The van der Waals surface area contributed by atoms with E-state index >= 15 is 0 Å². The summed E-state index contributed by atoms with van der Waals surface area (Å²) in [5.74, 6) is -0.658. The van der Waals surface area contributed by atoms with Gasteiger partial charge in [-0.25, -0.2) is 14.3 Å². The minimum atomic E-state index is -4.78. The van der Waals surface area contributed by atoms with Gasteiger partial charge in [0.25, 0.3) is 11.5 Å². The van der Waals surface area contributed by atoms with E-state index in [4.69, 9.17) is 9.79 Å². The molecule has 3 N–H and O–H groups in total. The molecule has 0 radical (unpaired) electrons. The van der Waals surface area contributed by atoms with E-state index in [0.29, 0.717) is 5.69 Å². The number of carbonyl (C=O) groups excluding carboxylic acids is 1. The van der Waals surface area contributed by atoms with Gasteiger partial charge in [-0.05, 0) is 5.56 Å². The van der Waals surface area contributed by atoms with Gasteiger partial charge in [0, 0.05) is 12.4 Å². The molecule has 3 aromatic heterocycles. The van der Waals surface area contributed by atoms with Crippen molar-refractivity contribution in [3.63, 3.8) is 0 Å². The van der Waals surface area contributed by atoms with Gasteiger partial charge in [-0.1, -0.05) is 30.3 Å². The van der Waals surface area contributed by atoms with Gasteiger partial charge in [-0.3, -0.25) is 28.2 Å². The second-order valence-corrected chi connectivity index (χ2v) is 8.89. The fourth-order valence-electron chi connectivity index (χ4n) is 3.11. The molecule has 1 amide bonds. The molecule has 4 aromatic rings. The van der Waals surface area contributed by atoms with Crippen molar-refractivity contribution in [1.82, 2.24) is 23.7 Å². The Morgan fingerprint density at radius 2 is 2.00 bits per heavy atom. The monoisotopic (exact) mass is 492 g/mol. The summed E-state index contributed by atoms with van der Waals surface area (Å²) in [4.78, 5) is 65.2. The zero-order chi connectivity index (χ0) is 23.8. The average molecular weight is 492 g/mol. The number of aromatic amines is 1. The summed E-state index contributed by atoms with van der Waals surface area (Å²) < 4.78 is 19.6. The average Bonchev–Trinajstić information content (AvgIpc) is 3.35. The van der Waals surface area contributed by atoms with Crippen molar-refractivity contribution in [3.8, 4) is 11.3 Å². The lowest BCUT2D eigenvalue weighted by molar-refractivity contribution is -0.118. The highest BCUT2D eigenvalue weighted by molar-refractivity contribution is 7.46. The van der Waals surface area contributed by atoms with Crippen molar-refractivity contribution < 1.29 is 23.7 Å². The van der Waals surface area contributed by atoms with Gasteiger partial charge in [0.15, 0.2) is 16.0 Å². The second-order valence-electron chi connectivity index (χ2n) is 6.81. The number of carbonyl (C=O) groups is 1. The fourth-order valence-corrected chi connectivity index (χ4v) is 4.29. The summed E-state index contributed by atoms with van der Waals surface area (Å²) in [6, 6.07) is 8.97. The molecule has 1 aromatic carbocycles. The molecule has 33 heavy (non-hydrogen) atoms. The molecule has 0 saturated carbocycles. The van der Waals surface area contributed by atoms with Crippen LogP contribution in [0.4, 0.5) is 0 Å². The number of hydrogen-bond donors (Lipinski definition) is 3. The van der Waals surface area contributed by atoms with Crippen LogP contribution in [0.15, 0.2) is 56.6 Å². The first kappa shape index (κ1) is 22.8. The Morgan fingerprint density at radius 1 is 1.27 bits per heavy atom. The predicted molar refractivity (Wildman–Crippen MR) is 117 cm³/mol. The number of benzene rings is 1. The molecule has 0 unspecified atom stereocenters. The third-order valence-electron chi connectivity index (χ3n) is 4.62. The van der Waals surface area contributed by atoms with E-state index in [1.807, 2.05) is 6.07 Å². The highest BCUT2D eigenvalue weighted by atomic mass is 32.1. The van der Waals surface area contributed by atoms with Gasteiger partial charge in [-0.2, -0.15) is 4.99 Å². The molecule has 0 aliphatic rings. The van der Waals surface area contributed by atoms with Crippen LogP contribution in [0, 0.1) is 0 Å². The Bertz CT molecular complexity index is 1570. The molecular weight excluding hydrogens is 475 g/mol. The number of H-pyrrole nitrogens is 1. The van der Waals surface area contributed by atoms with Gasteiger partial charge >= 0.3 is 13.5 Å². The Kier molecular flexibility index (Phi) is 6.10. The summed E-state index contributed by atoms with van der Waals surface area (Å²) >= 11 is 1.08. The highest BCUT2D eigenvalue weighted by Crippen LogP contribution is 2.36. The van der Waals surface area contributed by atoms with Crippen LogP contribution in [0.25, 0.3) is 22.4 Å². The van der Waals surface area contributed by atoms with Crippen LogP contribution < -0.4 is 16.1 Å². The number of nitrogens with zero attached hydrogens (tertiary/aromatic N) is 5. The Morgan fingerprint density at radius 3 is 2.70 bits per heavy atom. The standard InChI is InChI=1S/C18H17N6O7PS/c1-22-15-14(16(26)21-17(22)27)23(9-19-15)7-13(25)20-18-24(10-31-32(28,29)30)12(8-33-18)11-5-3-2-4-6-11/h2-6,8-9H,7,10H2,1H3,(H,21,26,27)(H2,28,29,30)/b20-18-. The maximum atomic E-state index is 12.7. The molecule has 0 fully saturated rings. The van der Waals surface area contributed by atoms with Crippen LogP contribution in [-0.4, -0.2) is 39.4 Å². The molecule has 0 aliphatic heterocycles. The molecule has 0 spiro atoms. The lowest BCUT2D eigenvalue weighted by Crippen LogP contribution is -2.29. The molecule has 4 rings (SSSR count). The molecule has 0 aliphatic carbocycles. The lowest BCUT2D eigenvalue weighted by atomic mass is 10.2. The number of aromatic nitrogens is 5. The van der Waals surface area contributed by atoms with Gasteiger partial charge in [0.2, 0.25) is 0 Å². The third kappa shape index (κ3) is 4.84. The number of phosphoric ester groups is 1. The number of amides is 1. The number of phosphoric acid groups is 1. The van der Waals surface area contributed by atoms with Crippen molar-refractivity contribution in [2.45, 2.75) is 13.3 Å². The van der Waals surface area contributed by atoms with E-state index in [9.17, 15) is 18.9 Å². The number of rotatable bonds is 6. The van der Waals surface area contributed by atoms with E-state index in [2.05, 4.69) is 19.5 Å². The number of imidazole rings is 1. The maximum Gasteiger partial charge on any atom is 0.471 e. The van der Waals surface area contributed by atoms with E-state index in [-0.39, 0.29) is 22.5 Å². The van der Waals surface area contributed by atoms with E-state index in [1.165, 1.54) is 22.5 Å². The summed E-state index contributed by atoms with van der Waals surface area (Å²) in [6.07, 6.45) is 1.25. The minimum absolute atomic E-state index is 0.0366. The van der Waals surface area contributed by atoms with Crippen LogP contribution >= 0.6 is 19.2 Å². The lowest BCUT2D eigenvalue weighted by Gasteiger charge is -2.10. The Hall–Kier alpha value is -3.42. The number of fused-ring (bicyclic) bond motifs is 1. The van der Waals surface area contributed by atoms with E-state index < -0.39 is 31.7 Å². The van der Waals surface area contributed by atoms with Gasteiger partial charge < -0.3 is 14.4 Å². The van der Waals surface area contributed by atoms with Crippen molar-refractivity contribution in [2.75, 3.05) is 0 Å². The van der Waals surface area contributed by atoms with Crippen molar-refractivity contribution in [2.24, 2.45) is 12.0 Å². The van der Waals surface area contributed by atoms with Crippen molar-refractivity contribution >= 4 is 36.2 Å². The zero-order valence-corrected chi connectivity index (χ0v) is 18.7. The zero-order valence-electron chi connectivity index (χ0n) is 17.0. The SMILES string of the molecule is Cn1c(=O)[nH]c(=O)c2c1ncn2CC(=O)/N=c1\scc(-c2ccccc2)n1COP(=O)(O)O. The molecule has 172 valence electrons. The second kappa shape index (κ2) is 8.84. The summed E-state index contributed by atoms with van der Waals surface area (Å²) in [5.41, 5.74) is 0.0988. The van der Waals surface area contributed by atoms with Crippen LogP contribution in [0.1, 0.15) is 0 Å². The number of nitrogens with one attached hydrogen (secondary N) is 1. The first-order chi connectivity index (χ1) is 15.6. The fraction of sp³-hybridized carbons (Fsp3) is 0.167. The van der Waals surface area contributed by atoms with Crippen LogP contribution in [0.5, 0.6) is 0 Å². The first-order valence-electron chi connectivity index (χ1n) is 9.29. The largest absolute Gasteiger partial charge is 0.471 e. The molecule has 0 saturated heterocycles. The quantitative estimate of drug-likeness (QED) is 0.319. The van der Waals surface area contributed by atoms with Gasteiger partial charge in [0.05, 0.1) is 12.0 Å². The molecule has 15 heteroatoms.